The summed E-state index contributed by atoms with van der Waals surface area (Å²) in [4.78, 5) is 25.9. The van der Waals surface area contributed by atoms with Gasteiger partial charge in [0.25, 0.3) is 5.91 Å². The van der Waals surface area contributed by atoms with Gasteiger partial charge in [-0.15, -0.1) is 11.3 Å². The van der Waals surface area contributed by atoms with Gasteiger partial charge in [-0.3, -0.25) is 9.69 Å². The summed E-state index contributed by atoms with van der Waals surface area (Å²) >= 11 is 1.41. The Balaban J connectivity index is 1.18. The van der Waals surface area contributed by atoms with Crippen molar-refractivity contribution in [2.24, 2.45) is 0 Å². The maximum absolute atomic E-state index is 12.8. The Bertz CT molecular complexity index is 1420. The van der Waals surface area contributed by atoms with E-state index in [0.717, 1.165) is 66.8 Å². The maximum Gasteiger partial charge on any atom is 0.261 e. The summed E-state index contributed by atoms with van der Waals surface area (Å²) in [5.74, 6) is 1.20. The van der Waals surface area contributed by atoms with Crippen molar-refractivity contribution < 1.29 is 14.3 Å². The minimum absolute atomic E-state index is 0.0997. The van der Waals surface area contributed by atoms with Crippen LogP contribution in [0.25, 0.3) is 10.6 Å². The molecular weight excluding hydrogens is 522 g/mol. The van der Waals surface area contributed by atoms with E-state index in [1.54, 1.807) is 6.20 Å². The fraction of sp³-hybridized carbons (Fsp3) is 0.323. The second-order valence-corrected chi connectivity index (χ2v) is 11.0. The van der Waals surface area contributed by atoms with Crippen LogP contribution < -0.4 is 15.4 Å². The number of carbonyl (C=O) groups excluding carboxylic acids is 1. The van der Waals surface area contributed by atoms with Crippen molar-refractivity contribution in [1.82, 2.24) is 20.2 Å². The van der Waals surface area contributed by atoms with Crippen LogP contribution in [0.1, 0.15) is 34.6 Å². The summed E-state index contributed by atoms with van der Waals surface area (Å²) < 4.78 is 11.2. The Morgan fingerprint density at radius 1 is 1.05 bits per heavy atom. The minimum Gasteiger partial charge on any atom is -0.491 e. The van der Waals surface area contributed by atoms with Crippen LogP contribution in [0.5, 0.6) is 5.75 Å². The molecule has 3 heterocycles. The van der Waals surface area contributed by atoms with Gasteiger partial charge in [0.2, 0.25) is 5.95 Å². The molecule has 0 unspecified atom stereocenters. The molecule has 0 saturated carbocycles. The summed E-state index contributed by atoms with van der Waals surface area (Å²) in [6.45, 7) is 9.04. The Labute approximate surface area is 239 Å². The van der Waals surface area contributed by atoms with E-state index in [1.165, 1.54) is 16.9 Å². The lowest BCUT2D eigenvalue weighted by Gasteiger charge is -2.26. The lowest BCUT2D eigenvalue weighted by molar-refractivity contribution is 0.0384. The number of carbonyl (C=O) groups is 1. The number of nitrogens with zero attached hydrogens (tertiary/aromatic N) is 3. The monoisotopic (exact) mass is 557 g/mol. The highest BCUT2D eigenvalue weighted by Gasteiger charge is 2.13. The number of amides is 1. The number of morpholine rings is 1. The predicted molar refractivity (Wildman–Crippen MR) is 159 cm³/mol. The Morgan fingerprint density at radius 3 is 2.73 bits per heavy atom. The minimum atomic E-state index is -0.118. The number of hydrogen-bond donors (Lipinski definition) is 2. The quantitative estimate of drug-likeness (QED) is 0.250. The molecule has 8 nitrogen and oxygen atoms in total. The van der Waals surface area contributed by atoms with E-state index in [4.69, 9.17) is 14.5 Å². The Hall–Kier alpha value is -3.79. The SMILES string of the molecule is CC(C)Oc1cccc(CNC(=O)c2ccc(-c3ccnc(Nc4cccc(CCN5CCOCC5)c4)n3)s2)c1. The molecule has 0 radical (unpaired) electrons. The van der Waals surface area contributed by atoms with Crippen molar-refractivity contribution >= 4 is 28.9 Å². The van der Waals surface area contributed by atoms with E-state index < -0.39 is 0 Å². The standard InChI is InChI=1S/C31H35N5O3S/c1-22(2)39-26-8-4-6-24(20-26)21-33-30(37)29-10-9-28(40-29)27-11-13-32-31(35-27)34-25-7-3-5-23(19-25)12-14-36-15-17-38-18-16-36/h3-11,13,19-20,22H,12,14-18,21H2,1-2H3,(H,33,37)(H,32,34,35). The Kier molecular flexibility index (Phi) is 9.38. The lowest BCUT2D eigenvalue weighted by Crippen LogP contribution is -2.37. The topological polar surface area (TPSA) is 88.6 Å². The average Bonchev–Trinajstić information content (AvgIpc) is 3.46. The van der Waals surface area contributed by atoms with Crippen LogP contribution in [0, 0.1) is 0 Å². The molecule has 5 rings (SSSR count). The molecule has 40 heavy (non-hydrogen) atoms. The second kappa shape index (κ2) is 13.5. The molecular formula is C31H35N5O3S. The highest BCUT2D eigenvalue weighted by Crippen LogP contribution is 2.28. The zero-order valence-corrected chi connectivity index (χ0v) is 23.7. The van der Waals surface area contributed by atoms with Gasteiger partial charge >= 0.3 is 0 Å². The molecule has 1 amide bonds. The van der Waals surface area contributed by atoms with E-state index >= 15 is 0 Å². The van der Waals surface area contributed by atoms with Crippen LogP contribution in [0.2, 0.25) is 0 Å². The van der Waals surface area contributed by atoms with Crippen LogP contribution in [0.3, 0.4) is 0 Å². The van der Waals surface area contributed by atoms with Crippen molar-refractivity contribution in [2.45, 2.75) is 32.9 Å². The van der Waals surface area contributed by atoms with E-state index in [-0.39, 0.29) is 12.0 Å². The number of benzene rings is 2. The molecule has 9 heteroatoms. The van der Waals surface area contributed by atoms with Gasteiger partial charge in [0.15, 0.2) is 0 Å². The number of rotatable bonds is 11. The van der Waals surface area contributed by atoms with Gasteiger partial charge < -0.3 is 20.1 Å². The summed E-state index contributed by atoms with van der Waals surface area (Å²) in [5.41, 5.74) is 3.97. The van der Waals surface area contributed by atoms with Crippen molar-refractivity contribution in [3.05, 3.63) is 88.9 Å². The van der Waals surface area contributed by atoms with Crippen molar-refractivity contribution in [2.75, 3.05) is 38.2 Å². The largest absolute Gasteiger partial charge is 0.491 e. The highest BCUT2D eigenvalue weighted by molar-refractivity contribution is 7.17. The molecule has 0 spiro atoms. The van der Waals surface area contributed by atoms with Crippen LogP contribution in [0.15, 0.2) is 72.9 Å². The molecule has 1 saturated heterocycles. The molecule has 1 aliphatic heterocycles. The van der Waals surface area contributed by atoms with Crippen molar-refractivity contribution in [3.8, 4) is 16.3 Å². The number of nitrogens with one attached hydrogen (secondary N) is 2. The third kappa shape index (κ3) is 7.88. The molecule has 2 N–H and O–H groups in total. The number of aromatic nitrogens is 2. The van der Waals surface area contributed by atoms with Crippen molar-refractivity contribution in [3.63, 3.8) is 0 Å². The number of anilines is 2. The summed E-state index contributed by atoms with van der Waals surface area (Å²) in [7, 11) is 0. The molecule has 0 aliphatic carbocycles. The van der Waals surface area contributed by atoms with Crippen LogP contribution in [-0.4, -0.2) is 59.7 Å². The van der Waals surface area contributed by atoms with Crippen LogP contribution >= 0.6 is 11.3 Å². The van der Waals surface area contributed by atoms with Crippen LogP contribution in [0.4, 0.5) is 11.6 Å². The van der Waals surface area contributed by atoms with E-state index in [9.17, 15) is 4.79 Å². The van der Waals surface area contributed by atoms with Gasteiger partial charge in [-0.05, 0) is 73.9 Å². The highest BCUT2D eigenvalue weighted by atomic mass is 32.1. The Morgan fingerprint density at radius 2 is 1.88 bits per heavy atom. The van der Waals surface area contributed by atoms with Gasteiger partial charge in [-0.2, -0.15) is 0 Å². The van der Waals surface area contributed by atoms with Gasteiger partial charge in [0, 0.05) is 38.1 Å². The molecule has 2 aromatic heterocycles. The van der Waals surface area contributed by atoms with E-state index in [0.29, 0.717) is 17.4 Å². The van der Waals surface area contributed by atoms with Crippen molar-refractivity contribution in [1.29, 1.82) is 0 Å². The fourth-order valence-electron chi connectivity index (χ4n) is 4.47. The first kappa shape index (κ1) is 27.8. The molecule has 208 valence electrons. The van der Waals surface area contributed by atoms with Gasteiger partial charge in [-0.25, -0.2) is 9.97 Å². The van der Waals surface area contributed by atoms with Gasteiger partial charge in [0.05, 0.1) is 34.8 Å². The summed E-state index contributed by atoms with van der Waals surface area (Å²) in [5, 5.41) is 6.34. The molecule has 0 atom stereocenters. The maximum atomic E-state index is 12.8. The number of hydrogen-bond acceptors (Lipinski definition) is 8. The summed E-state index contributed by atoms with van der Waals surface area (Å²) in [6.07, 6.45) is 2.81. The lowest BCUT2D eigenvalue weighted by atomic mass is 10.1. The zero-order valence-electron chi connectivity index (χ0n) is 22.9. The van der Waals surface area contributed by atoms with Crippen LogP contribution in [-0.2, 0) is 17.7 Å². The molecule has 4 aromatic rings. The number of ether oxygens (including phenoxy) is 2. The molecule has 1 fully saturated rings. The molecule has 1 aliphatic rings. The summed E-state index contributed by atoms with van der Waals surface area (Å²) in [6, 6.07) is 21.8. The predicted octanol–water partition coefficient (Wildman–Crippen LogP) is 5.54. The second-order valence-electron chi connectivity index (χ2n) is 9.96. The third-order valence-electron chi connectivity index (χ3n) is 6.46. The van der Waals surface area contributed by atoms with E-state index in [1.807, 2.05) is 62.4 Å². The average molecular weight is 558 g/mol. The molecule has 2 aromatic carbocycles. The first-order chi connectivity index (χ1) is 19.5. The smallest absolute Gasteiger partial charge is 0.261 e. The molecule has 0 bridgehead atoms. The van der Waals surface area contributed by atoms with Gasteiger partial charge in [0.1, 0.15) is 5.75 Å². The van der Waals surface area contributed by atoms with Gasteiger partial charge in [-0.1, -0.05) is 24.3 Å². The fourth-order valence-corrected chi connectivity index (χ4v) is 5.36. The zero-order chi connectivity index (χ0) is 27.7. The van der Waals surface area contributed by atoms with E-state index in [2.05, 4.69) is 38.7 Å². The number of thiophene rings is 1. The first-order valence-electron chi connectivity index (χ1n) is 13.6. The first-order valence-corrected chi connectivity index (χ1v) is 14.5. The normalized spacial score (nSPS) is 13.8. The third-order valence-corrected chi connectivity index (χ3v) is 7.57.